The topological polar surface area (TPSA) is 71.8 Å². The Hall–Kier alpha value is -3.49. The molecule has 3 aromatic rings. The monoisotopic (exact) mass is 404 g/mol. The van der Waals surface area contributed by atoms with E-state index < -0.39 is 23.8 Å². The van der Waals surface area contributed by atoms with Gasteiger partial charge in [0.25, 0.3) is 5.91 Å². The Morgan fingerprint density at radius 2 is 1.79 bits per heavy atom. The van der Waals surface area contributed by atoms with Gasteiger partial charge in [-0.15, -0.1) is 13.2 Å². The highest BCUT2D eigenvalue weighted by molar-refractivity contribution is 6.07. The quantitative estimate of drug-likeness (QED) is 0.659. The minimum atomic E-state index is -4.79. The molecule has 0 saturated carbocycles. The predicted octanol–water partition coefficient (Wildman–Crippen LogP) is 4.30. The van der Waals surface area contributed by atoms with E-state index in [-0.39, 0.29) is 12.3 Å². The van der Waals surface area contributed by atoms with Gasteiger partial charge in [0.15, 0.2) is 5.54 Å². The molecule has 1 N–H and O–H groups in total. The minimum Gasteiger partial charge on any atom is -0.458 e. The van der Waals surface area contributed by atoms with Crippen LogP contribution in [-0.2, 0) is 16.9 Å². The predicted molar refractivity (Wildman–Crippen MR) is 95.8 cm³/mol. The van der Waals surface area contributed by atoms with Crippen LogP contribution >= 0.6 is 0 Å². The van der Waals surface area contributed by atoms with Crippen molar-refractivity contribution < 1.29 is 31.9 Å². The van der Waals surface area contributed by atoms with Crippen LogP contribution in [0.15, 0.2) is 59.0 Å². The molecule has 4 rings (SSSR count). The van der Waals surface area contributed by atoms with Gasteiger partial charge in [-0.1, -0.05) is 30.3 Å². The lowest BCUT2D eigenvalue weighted by Crippen LogP contribution is -2.40. The third-order valence-corrected chi connectivity index (χ3v) is 4.69. The summed E-state index contributed by atoms with van der Waals surface area (Å²) in [6, 6.07) is 13.3. The molecular formula is C20H15F3N2O4. The second kappa shape index (κ2) is 6.54. The number of imide groups is 1. The molecule has 2 heterocycles. The van der Waals surface area contributed by atoms with E-state index in [0.717, 1.165) is 22.4 Å². The Kier molecular flexibility index (Phi) is 4.25. The van der Waals surface area contributed by atoms with Crippen LogP contribution < -0.4 is 10.1 Å². The highest BCUT2D eigenvalue weighted by atomic mass is 19.4. The van der Waals surface area contributed by atoms with Gasteiger partial charge in [-0.25, -0.2) is 4.79 Å². The summed E-state index contributed by atoms with van der Waals surface area (Å²) in [4.78, 5) is 26.4. The highest BCUT2D eigenvalue weighted by Crippen LogP contribution is 2.33. The van der Waals surface area contributed by atoms with Crippen molar-refractivity contribution in [2.75, 3.05) is 0 Å². The number of amides is 3. The van der Waals surface area contributed by atoms with Crippen LogP contribution in [0.2, 0.25) is 0 Å². The molecule has 9 heteroatoms. The van der Waals surface area contributed by atoms with Crippen LogP contribution in [0, 0.1) is 0 Å². The van der Waals surface area contributed by atoms with Crippen molar-refractivity contribution in [2.45, 2.75) is 25.4 Å². The fourth-order valence-electron chi connectivity index (χ4n) is 3.21. The minimum absolute atomic E-state index is 0.104. The van der Waals surface area contributed by atoms with E-state index in [1.54, 1.807) is 25.1 Å². The maximum absolute atomic E-state index is 13.0. The zero-order valence-corrected chi connectivity index (χ0v) is 15.1. The van der Waals surface area contributed by atoms with Crippen molar-refractivity contribution in [3.05, 3.63) is 65.9 Å². The summed E-state index contributed by atoms with van der Waals surface area (Å²) < 4.78 is 46.3. The molecule has 0 aliphatic carbocycles. The molecule has 2 aromatic carbocycles. The summed E-state index contributed by atoms with van der Waals surface area (Å²) in [5.41, 5.74) is -0.323. The SMILES string of the molecule is C[C@@]1(c2cc3ccccc3o2)NC(=O)N(Cc2ccc(OC(F)(F)F)cc2)C1=O. The number of rotatable bonds is 4. The van der Waals surface area contributed by atoms with Crippen molar-refractivity contribution in [3.63, 3.8) is 0 Å². The molecule has 6 nitrogen and oxygen atoms in total. The molecule has 0 spiro atoms. The molecule has 1 aliphatic heterocycles. The van der Waals surface area contributed by atoms with Crippen molar-refractivity contribution in [2.24, 2.45) is 0 Å². The lowest BCUT2D eigenvalue weighted by atomic mass is 9.98. The van der Waals surface area contributed by atoms with Crippen molar-refractivity contribution in [1.29, 1.82) is 0 Å². The van der Waals surface area contributed by atoms with E-state index in [1.807, 2.05) is 12.1 Å². The van der Waals surface area contributed by atoms with E-state index in [1.165, 1.54) is 12.1 Å². The number of fused-ring (bicyclic) bond motifs is 1. The molecule has 1 aliphatic rings. The summed E-state index contributed by atoms with van der Waals surface area (Å²) >= 11 is 0. The van der Waals surface area contributed by atoms with Gasteiger partial charge in [-0.2, -0.15) is 0 Å². The third kappa shape index (κ3) is 3.51. The van der Waals surface area contributed by atoms with Crippen molar-refractivity contribution in [3.8, 4) is 5.75 Å². The second-order valence-electron chi connectivity index (χ2n) is 6.79. The normalized spacial score (nSPS) is 19.7. The average Bonchev–Trinajstić information content (AvgIpc) is 3.18. The zero-order chi connectivity index (χ0) is 20.8. The molecular weight excluding hydrogens is 389 g/mol. The Morgan fingerprint density at radius 1 is 1.10 bits per heavy atom. The van der Waals surface area contributed by atoms with Gasteiger partial charge >= 0.3 is 12.4 Å². The Morgan fingerprint density at radius 3 is 2.45 bits per heavy atom. The molecule has 3 amide bonds. The van der Waals surface area contributed by atoms with Crippen molar-refractivity contribution in [1.82, 2.24) is 10.2 Å². The first-order valence-corrected chi connectivity index (χ1v) is 8.63. The Balaban J connectivity index is 1.55. The number of alkyl halides is 3. The first-order chi connectivity index (χ1) is 13.7. The maximum Gasteiger partial charge on any atom is 0.573 e. The number of ether oxygens (including phenoxy) is 1. The van der Waals surface area contributed by atoms with Gasteiger partial charge in [0, 0.05) is 5.39 Å². The van der Waals surface area contributed by atoms with E-state index in [4.69, 9.17) is 4.42 Å². The molecule has 0 bridgehead atoms. The molecule has 1 aromatic heterocycles. The van der Waals surface area contributed by atoms with Gasteiger partial charge in [-0.05, 0) is 36.8 Å². The van der Waals surface area contributed by atoms with Gasteiger partial charge in [0.05, 0.1) is 6.54 Å². The van der Waals surface area contributed by atoms with Gasteiger partial charge in [-0.3, -0.25) is 9.69 Å². The summed E-state index contributed by atoms with van der Waals surface area (Å²) in [7, 11) is 0. The second-order valence-corrected chi connectivity index (χ2v) is 6.79. The number of hydrogen-bond donors (Lipinski definition) is 1. The number of para-hydroxylation sites is 1. The third-order valence-electron chi connectivity index (χ3n) is 4.69. The highest BCUT2D eigenvalue weighted by Gasteiger charge is 2.51. The van der Waals surface area contributed by atoms with Crippen LogP contribution in [-0.4, -0.2) is 23.2 Å². The maximum atomic E-state index is 13.0. The number of nitrogens with zero attached hydrogens (tertiary/aromatic N) is 1. The molecule has 29 heavy (non-hydrogen) atoms. The number of carbonyl (C=O) groups excluding carboxylic acids is 2. The van der Waals surface area contributed by atoms with Crippen LogP contribution in [0.4, 0.5) is 18.0 Å². The van der Waals surface area contributed by atoms with E-state index in [9.17, 15) is 22.8 Å². The Bertz CT molecular complexity index is 1060. The average molecular weight is 404 g/mol. The van der Waals surface area contributed by atoms with E-state index in [2.05, 4.69) is 10.1 Å². The first kappa shape index (κ1) is 18.9. The molecule has 1 saturated heterocycles. The van der Waals surface area contributed by atoms with Crippen LogP contribution in [0.1, 0.15) is 18.2 Å². The zero-order valence-electron chi connectivity index (χ0n) is 15.1. The van der Waals surface area contributed by atoms with Gasteiger partial charge in [0.2, 0.25) is 0 Å². The summed E-state index contributed by atoms with van der Waals surface area (Å²) in [5, 5.41) is 3.44. The summed E-state index contributed by atoms with van der Waals surface area (Å²) in [5.74, 6) is -0.601. The molecule has 1 atom stereocenters. The molecule has 150 valence electrons. The number of benzene rings is 2. The lowest BCUT2D eigenvalue weighted by Gasteiger charge is -2.19. The Labute approximate surface area is 162 Å². The number of halogens is 3. The van der Waals surface area contributed by atoms with Crippen LogP contribution in [0.3, 0.4) is 0 Å². The fourth-order valence-corrected chi connectivity index (χ4v) is 3.21. The van der Waals surface area contributed by atoms with Crippen LogP contribution in [0.25, 0.3) is 11.0 Å². The number of carbonyl (C=O) groups is 2. The summed E-state index contributed by atoms with van der Waals surface area (Å²) in [6.45, 7) is 1.44. The largest absolute Gasteiger partial charge is 0.573 e. The van der Waals surface area contributed by atoms with Crippen LogP contribution in [0.5, 0.6) is 5.75 Å². The standard InChI is InChI=1S/C20H15F3N2O4/c1-19(16-10-13-4-2-3-5-15(13)28-16)17(26)25(18(27)24-19)11-12-6-8-14(9-7-12)29-20(21,22)23/h2-10H,11H2,1H3,(H,24,27)/t19-/m0/s1. The molecule has 0 radical (unpaired) electrons. The molecule has 0 unspecified atom stereocenters. The number of furan rings is 1. The van der Waals surface area contributed by atoms with Gasteiger partial charge in [0.1, 0.15) is 17.1 Å². The molecule has 1 fully saturated rings. The van der Waals surface area contributed by atoms with Gasteiger partial charge < -0.3 is 14.5 Å². The van der Waals surface area contributed by atoms with E-state index >= 15 is 0 Å². The first-order valence-electron chi connectivity index (χ1n) is 8.63. The number of hydrogen-bond acceptors (Lipinski definition) is 4. The lowest BCUT2D eigenvalue weighted by molar-refractivity contribution is -0.274. The van der Waals surface area contributed by atoms with Crippen molar-refractivity contribution >= 4 is 22.9 Å². The smallest absolute Gasteiger partial charge is 0.458 e. The number of nitrogens with one attached hydrogen (secondary N) is 1. The number of urea groups is 1. The summed E-state index contributed by atoms with van der Waals surface area (Å²) in [6.07, 6.45) is -4.79. The fraction of sp³-hybridized carbons (Fsp3) is 0.200. The van der Waals surface area contributed by atoms with E-state index in [0.29, 0.717) is 16.9 Å².